The zero-order chi connectivity index (χ0) is 25.0. The number of hydrogen-bond acceptors (Lipinski definition) is 10. The molecule has 1 N–H and O–H groups in total. The minimum atomic E-state index is 0.493. The van der Waals surface area contributed by atoms with Gasteiger partial charge < -0.3 is 15.0 Å². The zero-order valence-corrected chi connectivity index (χ0v) is 20.7. The molecule has 0 saturated carbocycles. The SMILES string of the molecule is CN1C=C(c2cnc3nnn(Cc4cccc(-c5ncc(OCC6CCNCC6)cn5)c4)c3n2)C=NC1. The van der Waals surface area contributed by atoms with Crippen molar-refractivity contribution in [1.29, 1.82) is 0 Å². The number of aliphatic imine (C=N–C) groups is 1. The van der Waals surface area contributed by atoms with Crippen LogP contribution in [-0.2, 0) is 6.54 Å². The summed E-state index contributed by atoms with van der Waals surface area (Å²) in [6, 6.07) is 8.08. The van der Waals surface area contributed by atoms with Crippen LogP contribution < -0.4 is 10.1 Å². The molecule has 5 heterocycles. The lowest BCUT2D eigenvalue weighted by Crippen LogP contribution is -2.30. The van der Waals surface area contributed by atoms with Gasteiger partial charge >= 0.3 is 0 Å². The highest BCUT2D eigenvalue weighted by Crippen LogP contribution is 2.21. The molecule has 11 heteroatoms. The fourth-order valence-corrected chi connectivity index (χ4v) is 4.50. The summed E-state index contributed by atoms with van der Waals surface area (Å²) in [5.74, 6) is 1.93. The Morgan fingerprint density at radius 3 is 2.78 bits per heavy atom. The van der Waals surface area contributed by atoms with Crippen LogP contribution in [-0.4, -0.2) is 79.5 Å². The highest BCUT2D eigenvalue weighted by Gasteiger charge is 2.15. The number of rotatable bonds is 7. The number of nitrogens with zero attached hydrogens (tertiary/aromatic N) is 9. The largest absolute Gasteiger partial charge is 0.490 e. The van der Waals surface area contributed by atoms with Crippen molar-refractivity contribution in [3.05, 3.63) is 60.3 Å². The van der Waals surface area contributed by atoms with E-state index in [0.29, 0.717) is 48.6 Å². The summed E-state index contributed by atoms with van der Waals surface area (Å²) < 4.78 is 7.69. The third-order valence-corrected chi connectivity index (χ3v) is 6.51. The Bertz CT molecular complexity index is 1440. The number of aromatic nitrogens is 7. The molecule has 0 spiro atoms. The summed E-state index contributed by atoms with van der Waals surface area (Å²) in [6.07, 6.45) is 11.3. The molecule has 0 amide bonds. The molecule has 4 aromatic rings. The lowest BCUT2D eigenvalue weighted by molar-refractivity contribution is 0.214. The van der Waals surface area contributed by atoms with Gasteiger partial charge in [-0.05, 0) is 43.5 Å². The van der Waals surface area contributed by atoms with Crippen LogP contribution in [0.2, 0.25) is 0 Å². The average molecular weight is 497 g/mol. The highest BCUT2D eigenvalue weighted by atomic mass is 16.5. The normalized spacial score (nSPS) is 16.2. The molecular formula is C26H28N10O. The van der Waals surface area contributed by atoms with Gasteiger partial charge in [0, 0.05) is 30.6 Å². The lowest BCUT2D eigenvalue weighted by atomic mass is 9.99. The predicted octanol–water partition coefficient (Wildman–Crippen LogP) is 2.42. The molecule has 11 nitrogen and oxygen atoms in total. The van der Waals surface area contributed by atoms with Gasteiger partial charge in [0.05, 0.1) is 37.4 Å². The second kappa shape index (κ2) is 10.4. The van der Waals surface area contributed by atoms with Gasteiger partial charge in [0.2, 0.25) is 5.65 Å². The fourth-order valence-electron chi connectivity index (χ4n) is 4.50. The summed E-state index contributed by atoms with van der Waals surface area (Å²) in [7, 11) is 1.97. The first-order valence-electron chi connectivity index (χ1n) is 12.4. The zero-order valence-electron chi connectivity index (χ0n) is 20.7. The second-order valence-electron chi connectivity index (χ2n) is 9.39. The van der Waals surface area contributed by atoms with Gasteiger partial charge in [-0.15, -0.1) is 5.10 Å². The van der Waals surface area contributed by atoms with Crippen LogP contribution in [0.5, 0.6) is 5.75 Å². The van der Waals surface area contributed by atoms with Crippen molar-refractivity contribution < 1.29 is 4.74 Å². The van der Waals surface area contributed by atoms with Crippen LogP contribution >= 0.6 is 0 Å². The van der Waals surface area contributed by atoms with Crippen molar-refractivity contribution in [2.45, 2.75) is 19.4 Å². The van der Waals surface area contributed by atoms with Gasteiger partial charge in [-0.1, -0.05) is 23.4 Å². The van der Waals surface area contributed by atoms with Crippen LogP contribution in [0.4, 0.5) is 0 Å². The van der Waals surface area contributed by atoms with Crippen LogP contribution in [0.15, 0.2) is 54.0 Å². The summed E-state index contributed by atoms with van der Waals surface area (Å²) >= 11 is 0. The molecule has 6 rings (SSSR count). The van der Waals surface area contributed by atoms with Crippen LogP contribution in [0, 0.1) is 5.92 Å². The van der Waals surface area contributed by atoms with E-state index in [1.165, 1.54) is 0 Å². The molecule has 2 aliphatic heterocycles. The monoisotopic (exact) mass is 496 g/mol. The van der Waals surface area contributed by atoms with Crippen molar-refractivity contribution in [3.8, 4) is 17.1 Å². The molecule has 0 radical (unpaired) electrons. The van der Waals surface area contributed by atoms with E-state index in [1.807, 2.05) is 42.6 Å². The van der Waals surface area contributed by atoms with Gasteiger partial charge in [-0.25, -0.2) is 24.6 Å². The van der Waals surface area contributed by atoms with Crippen molar-refractivity contribution in [3.63, 3.8) is 0 Å². The average Bonchev–Trinajstić information content (AvgIpc) is 3.35. The van der Waals surface area contributed by atoms with E-state index in [0.717, 1.165) is 48.3 Å². The summed E-state index contributed by atoms with van der Waals surface area (Å²) in [4.78, 5) is 24.7. The number of hydrogen-bond donors (Lipinski definition) is 1. The number of piperidine rings is 1. The van der Waals surface area contributed by atoms with Crippen molar-refractivity contribution in [1.82, 2.24) is 45.1 Å². The van der Waals surface area contributed by atoms with Gasteiger partial charge in [-0.2, -0.15) is 0 Å². The maximum atomic E-state index is 5.93. The van der Waals surface area contributed by atoms with E-state index in [1.54, 1.807) is 23.3 Å². The van der Waals surface area contributed by atoms with Gasteiger partial charge in [-0.3, -0.25) is 4.99 Å². The third-order valence-electron chi connectivity index (χ3n) is 6.51. The molecule has 1 fully saturated rings. The van der Waals surface area contributed by atoms with Gasteiger partial charge in [0.25, 0.3) is 0 Å². The van der Waals surface area contributed by atoms with E-state index in [2.05, 4.69) is 41.6 Å². The molecule has 1 saturated heterocycles. The lowest BCUT2D eigenvalue weighted by Gasteiger charge is -2.22. The standard InChI is InChI=1S/C26H28N10O/c1-35-15-21(10-28-17-35)23-13-31-25-26(32-23)36(34-33-25)14-19-3-2-4-20(9-19)24-29-11-22(12-30-24)37-16-18-5-7-27-8-6-18/h2-4,9-13,15,18,27H,5-8,14,16-17H2,1H3. The van der Waals surface area contributed by atoms with Crippen LogP contribution in [0.1, 0.15) is 24.1 Å². The topological polar surface area (TPSA) is 119 Å². The fraction of sp³-hybridized carbons (Fsp3) is 0.346. The smallest absolute Gasteiger partial charge is 0.221 e. The van der Waals surface area contributed by atoms with Crippen LogP contribution in [0.3, 0.4) is 0 Å². The van der Waals surface area contributed by atoms with Crippen molar-refractivity contribution in [2.75, 3.05) is 33.4 Å². The molecule has 1 aromatic carbocycles. The van der Waals surface area contributed by atoms with E-state index >= 15 is 0 Å². The predicted molar refractivity (Wildman–Crippen MR) is 140 cm³/mol. The maximum Gasteiger partial charge on any atom is 0.221 e. The number of ether oxygens (including phenoxy) is 1. The first kappa shape index (κ1) is 23.2. The molecule has 0 unspecified atom stereocenters. The van der Waals surface area contributed by atoms with Crippen molar-refractivity contribution >= 4 is 23.1 Å². The summed E-state index contributed by atoms with van der Waals surface area (Å²) in [6.45, 7) is 3.95. The third kappa shape index (κ3) is 5.31. The van der Waals surface area contributed by atoms with Gasteiger partial charge in [0.1, 0.15) is 6.67 Å². The summed E-state index contributed by atoms with van der Waals surface area (Å²) in [5, 5.41) is 11.9. The first-order valence-corrected chi connectivity index (χ1v) is 12.4. The Morgan fingerprint density at radius 1 is 1.08 bits per heavy atom. The molecule has 0 bridgehead atoms. The van der Waals surface area contributed by atoms with E-state index < -0.39 is 0 Å². The van der Waals surface area contributed by atoms with E-state index in [4.69, 9.17) is 9.72 Å². The highest BCUT2D eigenvalue weighted by molar-refractivity contribution is 6.09. The molecule has 2 aliphatic rings. The quantitative estimate of drug-likeness (QED) is 0.411. The second-order valence-corrected chi connectivity index (χ2v) is 9.39. The number of benzene rings is 1. The Morgan fingerprint density at radius 2 is 1.95 bits per heavy atom. The minimum absolute atomic E-state index is 0.493. The number of fused-ring (bicyclic) bond motifs is 1. The Kier molecular flexibility index (Phi) is 6.51. The minimum Gasteiger partial charge on any atom is -0.490 e. The maximum absolute atomic E-state index is 5.93. The molecule has 37 heavy (non-hydrogen) atoms. The Hall–Kier alpha value is -4.25. The van der Waals surface area contributed by atoms with Crippen molar-refractivity contribution in [2.24, 2.45) is 10.9 Å². The number of allylic oxidation sites excluding steroid dienone is 1. The molecule has 3 aromatic heterocycles. The summed E-state index contributed by atoms with van der Waals surface area (Å²) in [5.41, 5.74) is 4.71. The molecule has 188 valence electrons. The molecule has 0 atom stereocenters. The van der Waals surface area contributed by atoms with E-state index in [9.17, 15) is 0 Å². The first-order chi connectivity index (χ1) is 18.2. The Balaban J connectivity index is 1.17. The Labute approximate surface area is 214 Å². The molecule has 0 aliphatic carbocycles. The van der Waals surface area contributed by atoms with E-state index in [-0.39, 0.29) is 0 Å². The molecular weight excluding hydrogens is 468 g/mol. The van der Waals surface area contributed by atoms with Gasteiger partial charge in [0.15, 0.2) is 17.2 Å². The number of nitrogens with one attached hydrogen (secondary N) is 1. The van der Waals surface area contributed by atoms with Crippen LogP contribution in [0.25, 0.3) is 28.3 Å².